The van der Waals surface area contributed by atoms with Crippen molar-refractivity contribution in [2.45, 2.75) is 38.5 Å². The van der Waals surface area contributed by atoms with Crippen molar-refractivity contribution < 1.29 is 8.83 Å². The van der Waals surface area contributed by atoms with E-state index in [-0.39, 0.29) is 10.8 Å². The van der Waals surface area contributed by atoms with E-state index in [0.717, 1.165) is 144 Å². The van der Waals surface area contributed by atoms with Crippen molar-refractivity contribution in [1.29, 1.82) is 0 Å². The Labute approximate surface area is 680 Å². The Morgan fingerprint density at radius 1 is 0.229 bits per heavy atom. The molecule has 6 nitrogen and oxygen atoms in total. The van der Waals surface area contributed by atoms with Crippen LogP contribution in [0.1, 0.15) is 49.9 Å². The summed E-state index contributed by atoms with van der Waals surface area (Å²) in [4.78, 5) is 4.81. The van der Waals surface area contributed by atoms with Gasteiger partial charge in [0.05, 0.1) is 22.1 Å². The summed E-state index contributed by atoms with van der Waals surface area (Å²) in [6.45, 7) is 9.60. The molecule has 0 spiro atoms. The highest BCUT2D eigenvalue weighted by Gasteiger charge is 2.39. The molecule has 0 atom stereocenters. The highest BCUT2D eigenvalue weighted by molar-refractivity contribution is 6.26. The molecule has 4 aromatic heterocycles. The van der Waals surface area contributed by atoms with E-state index in [2.05, 4.69) is 398 Å². The Bertz CT molecular complexity index is 7720. The lowest BCUT2D eigenvalue weighted by Gasteiger charge is -2.26. The van der Waals surface area contributed by atoms with Gasteiger partial charge in [0, 0.05) is 111 Å². The first-order valence-corrected chi connectivity index (χ1v) is 41.0. The van der Waals surface area contributed by atoms with Gasteiger partial charge in [-0.05, 0) is 244 Å². The lowest BCUT2D eigenvalue weighted by atomic mass is 9.82. The van der Waals surface area contributed by atoms with Crippen molar-refractivity contribution in [1.82, 2.24) is 9.13 Å². The van der Waals surface area contributed by atoms with Gasteiger partial charge in [-0.25, -0.2) is 0 Å². The summed E-state index contributed by atoms with van der Waals surface area (Å²) in [5.74, 6) is 1.73. The number of anilines is 6. The summed E-state index contributed by atoms with van der Waals surface area (Å²) in [6, 6.07) is 140. The molecule has 0 amide bonds. The third-order valence-corrected chi connectivity index (χ3v) is 26.3. The summed E-state index contributed by atoms with van der Waals surface area (Å²) < 4.78 is 18.0. The van der Waals surface area contributed by atoms with Gasteiger partial charge in [-0.1, -0.05) is 258 Å². The minimum absolute atomic E-state index is 0.218. The SMILES string of the molecule is CC1(C)c2ccc(-n3c4cc5c6ccc7cc(N(c8ccccc8)c8ccc9cc(-c%10cc%11ccccc%11o%10)ccc9c8)ccc7c6n(-c6ccc7c(c6)-c6c(ccc8ccccc68)C7(C)C)c5cc4c4ccc5cc(N(c6ccccc6)c6ccc7cc(-c8cc9ccccc9o8)ccc7c6)ccc5c43)cc2-c2c1ccc1ccccc21. The summed E-state index contributed by atoms with van der Waals surface area (Å²) in [5.41, 5.74) is 27.3. The molecule has 0 fully saturated rings. The number of aromatic nitrogens is 2. The molecule has 0 unspecified atom stereocenters. The van der Waals surface area contributed by atoms with Gasteiger partial charge in [0.2, 0.25) is 0 Å². The quantitative estimate of drug-likeness (QED) is 0.137. The molecule has 2 aliphatic carbocycles. The molecule has 0 aliphatic heterocycles. The number of rotatable bonds is 10. The summed E-state index contributed by atoms with van der Waals surface area (Å²) >= 11 is 0. The molecule has 0 N–H and O–H groups in total. The second-order valence-electron chi connectivity index (χ2n) is 33.6. The zero-order valence-electron chi connectivity index (χ0n) is 65.4. The molecule has 0 saturated heterocycles. The Hall–Kier alpha value is -15.0. The first-order valence-electron chi connectivity index (χ1n) is 41.0. The molecular weight excluding hydrogens is 1430 g/mol. The maximum Gasteiger partial charge on any atom is 0.135 e. The third-order valence-electron chi connectivity index (χ3n) is 26.3. The second-order valence-corrected chi connectivity index (χ2v) is 33.6. The zero-order chi connectivity index (χ0) is 78.0. The van der Waals surface area contributed by atoms with Crippen molar-refractivity contribution in [2.75, 3.05) is 9.80 Å². The lowest BCUT2D eigenvalue weighted by molar-refractivity contribution is 0.631. The van der Waals surface area contributed by atoms with Gasteiger partial charge in [0.25, 0.3) is 0 Å². The second kappa shape index (κ2) is 24.8. The molecule has 118 heavy (non-hydrogen) atoms. The predicted octanol–water partition coefficient (Wildman–Crippen LogP) is 31.2. The van der Waals surface area contributed by atoms with E-state index in [1.807, 2.05) is 24.3 Å². The number of nitrogens with zero attached hydrogens (tertiary/aromatic N) is 4. The van der Waals surface area contributed by atoms with Gasteiger partial charge in [-0.3, -0.25) is 0 Å². The van der Waals surface area contributed by atoms with Crippen molar-refractivity contribution in [3.63, 3.8) is 0 Å². The fraction of sp³-hybridized carbons (Fsp3) is 0.0536. The van der Waals surface area contributed by atoms with Crippen LogP contribution in [0, 0.1) is 0 Å². The Morgan fingerprint density at radius 2 is 0.576 bits per heavy atom. The van der Waals surface area contributed by atoms with Crippen LogP contribution >= 0.6 is 0 Å². The summed E-state index contributed by atoms with van der Waals surface area (Å²) in [6.07, 6.45) is 0. The molecule has 19 aromatic carbocycles. The van der Waals surface area contributed by atoms with Crippen LogP contribution in [-0.2, 0) is 10.8 Å². The number of para-hydroxylation sites is 4. The van der Waals surface area contributed by atoms with Crippen molar-refractivity contribution in [3.05, 3.63) is 398 Å². The fourth-order valence-corrected chi connectivity index (χ4v) is 20.6. The summed E-state index contributed by atoms with van der Waals surface area (Å²) in [5, 5.41) is 21.2. The lowest BCUT2D eigenvalue weighted by Crippen LogP contribution is -2.14. The molecule has 0 bridgehead atoms. The summed E-state index contributed by atoms with van der Waals surface area (Å²) in [7, 11) is 0. The minimum atomic E-state index is -0.218. The molecule has 4 heterocycles. The van der Waals surface area contributed by atoms with E-state index in [1.165, 1.54) is 98.4 Å². The zero-order valence-corrected chi connectivity index (χ0v) is 65.4. The van der Waals surface area contributed by atoms with Gasteiger partial charge in [0.1, 0.15) is 22.7 Å². The van der Waals surface area contributed by atoms with Gasteiger partial charge < -0.3 is 27.8 Å². The standard InChI is InChI=1S/C112H74N4O2/c1-111(2)97-53-45-85(63-95(97)107-87-27-15-11-19-67(87)39-51-99(107)111)115-101-65-94-92-48-38-74-60-84(114(80-25-9-6-10-26-80)82-42-36-70-56-78(34-32-72(70)58-82)106-62-76-22-14-18-30-104(76)118-106)44-50-90(74)110(92)116(86-46-54-98-96(64-86)108-88-28-16-12-20-68(88)40-52-100(108)112(98,3)4)102(94)66-93(101)91-47-37-73-59-83(43-49-89(73)109(91)115)113(79-23-7-5-8-24-79)81-41-35-69-55-77(33-31-71(69)57-81)105-61-75-21-13-17-29-103(75)117-105/h5-66H,1-4H3. The van der Waals surface area contributed by atoms with E-state index < -0.39 is 0 Å². The molecule has 6 heteroatoms. The average Bonchev–Trinajstić information content (AvgIpc) is 1.54. The predicted molar refractivity (Wildman–Crippen MR) is 495 cm³/mol. The molecule has 554 valence electrons. The maximum absolute atomic E-state index is 6.38. The van der Waals surface area contributed by atoms with Gasteiger partial charge in [-0.15, -0.1) is 0 Å². The van der Waals surface area contributed by atoms with Crippen molar-refractivity contribution in [3.8, 4) is 56.3 Å². The molecule has 0 radical (unpaired) electrons. The molecule has 25 rings (SSSR count). The van der Waals surface area contributed by atoms with Crippen LogP contribution in [0.2, 0.25) is 0 Å². The van der Waals surface area contributed by atoms with Crippen molar-refractivity contribution >= 4 is 164 Å². The highest BCUT2D eigenvalue weighted by atomic mass is 16.3. The first kappa shape index (κ1) is 66.5. The van der Waals surface area contributed by atoms with Crippen molar-refractivity contribution in [2.24, 2.45) is 0 Å². The van der Waals surface area contributed by atoms with Gasteiger partial charge >= 0.3 is 0 Å². The van der Waals surface area contributed by atoms with Gasteiger partial charge in [-0.2, -0.15) is 0 Å². The van der Waals surface area contributed by atoms with E-state index in [4.69, 9.17) is 8.83 Å². The highest BCUT2D eigenvalue weighted by Crippen LogP contribution is 2.56. The third kappa shape index (κ3) is 9.81. The largest absolute Gasteiger partial charge is 0.456 e. The Balaban J connectivity index is 0.709. The van der Waals surface area contributed by atoms with Crippen LogP contribution in [-0.4, -0.2) is 9.13 Å². The van der Waals surface area contributed by atoms with Crippen LogP contribution < -0.4 is 9.80 Å². The monoisotopic (exact) mass is 1510 g/mol. The van der Waals surface area contributed by atoms with E-state index in [1.54, 1.807) is 0 Å². The van der Waals surface area contributed by atoms with Crippen LogP contribution in [0.3, 0.4) is 0 Å². The number of benzene rings is 19. The van der Waals surface area contributed by atoms with E-state index >= 15 is 0 Å². The van der Waals surface area contributed by atoms with Crippen LogP contribution in [0.5, 0.6) is 0 Å². The molecular formula is C112H74N4O2. The molecule has 23 aromatic rings. The topological polar surface area (TPSA) is 42.6 Å². The van der Waals surface area contributed by atoms with E-state index in [9.17, 15) is 0 Å². The first-order chi connectivity index (χ1) is 57.9. The Kier molecular flexibility index (Phi) is 13.9. The number of hydrogen-bond acceptors (Lipinski definition) is 4. The minimum Gasteiger partial charge on any atom is -0.456 e. The van der Waals surface area contributed by atoms with Crippen LogP contribution in [0.15, 0.2) is 385 Å². The Morgan fingerprint density at radius 3 is 1.02 bits per heavy atom. The smallest absolute Gasteiger partial charge is 0.135 e. The fourth-order valence-electron chi connectivity index (χ4n) is 20.6. The van der Waals surface area contributed by atoms with Crippen LogP contribution in [0.25, 0.3) is 186 Å². The van der Waals surface area contributed by atoms with E-state index in [0.29, 0.717) is 0 Å². The number of hydrogen-bond donors (Lipinski definition) is 0. The number of furan rings is 2. The average molecular weight is 1510 g/mol. The molecule has 0 saturated carbocycles. The van der Waals surface area contributed by atoms with Gasteiger partial charge in [0.15, 0.2) is 0 Å². The van der Waals surface area contributed by atoms with Crippen LogP contribution in [0.4, 0.5) is 34.1 Å². The normalized spacial score (nSPS) is 13.4. The number of fused-ring (bicyclic) bond motifs is 24. The molecule has 2 aliphatic rings. The maximum atomic E-state index is 6.38.